The summed E-state index contributed by atoms with van der Waals surface area (Å²) in [4.78, 5) is 13.5. The molecule has 2 atom stereocenters. The van der Waals surface area contributed by atoms with Gasteiger partial charge in [-0.3, -0.25) is 4.79 Å². The number of rotatable bonds is 4. The Bertz CT molecular complexity index is 488. The van der Waals surface area contributed by atoms with Crippen LogP contribution in [0.5, 0.6) is 5.75 Å². The Balaban J connectivity index is 2.34. The number of ether oxygens (including phenoxy) is 1. The van der Waals surface area contributed by atoms with Crippen molar-refractivity contribution in [3.05, 3.63) is 23.8 Å². The summed E-state index contributed by atoms with van der Waals surface area (Å²) in [6.45, 7) is 3.18. The lowest BCUT2D eigenvalue weighted by atomic mass is 9.95. The number of methoxy groups -OCH3 is 1. The van der Waals surface area contributed by atoms with Crippen molar-refractivity contribution in [3.63, 3.8) is 0 Å². The first-order chi connectivity index (χ1) is 9.54. The maximum atomic E-state index is 11.4. The lowest BCUT2D eigenvalue weighted by Crippen LogP contribution is -2.41. The summed E-state index contributed by atoms with van der Waals surface area (Å²) in [7, 11) is 1.59. The number of benzene rings is 1. The molecule has 0 aromatic heterocycles. The minimum atomic E-state index is -0.630. The number of nitrogens with zero attached hydrogens (tertiary/aromatic N) is 1. The van der Waals surface area contributed by atoms with E-state index in [1.165, 1.54) is 0 Å². The van der Waals surface area contributed by atoms with Crippen molar-refractivity contribution in [3.8, 4) is 5.75 Å². The smallest absolute Gasteiger partial charge is 0.222 e. The van der Waals surface area contributed by atoms with Gasteiger partial charge in [0, 0.05) is 24.3 Å². The number of nitrogens with two attached hydrogens (primary N) is 1. The van der Waals surface area contributed by atoms with Crippen LogP contribution < -0.4 is 15.4 Å². The fraction of sp³-hybridized carbons (Fsp3) is 0.533. The molecule has 1 saturated heterocycles. The number of hydrogen-bond acceptors (Lipinski definition) is 4. The van der Waals surface area contributed by atoms with E-state index < -0.39 is 6.10 Å². The van der Waals surface area contributed by atoms with Crippen molar-refractivity contribution in [2.45, 2.75) is 25.9 Å². The van der Waals surface area contributed by atoms with Crippen LogP contribution in [-0.4, -0.2) is 31.2 Å². The standard InChI is InChI=1S/C15H22N2O3/c1-10(18)14-12(6-3-7-13(14)20-2)17-8-4-5-11(9-17)15(16)19/h3,6-7,10-11,18H,4-5,8-9H2,1-2H3,(H2,16,19). The van der Waals surface area contributed by atoms with Gasteiger partial charge < -0.3 is 20.5 Å². The second kappa shape index (κ2) is 6.13. The van der Waals surface area contributed by atoms with E-state index in [9.17, 15) is 9.90 Å². The number of aliphatic hydroxyl groups is 1. The number of aliphatic hydroxyl groups excluding tert-OH is 1. The Morgan fingerprint density at radius 3 is 2.90 bits per heavy atom. The van der Waals surface area contributed by atoms with Crippen LogP contribution in [0.2, 0.25) is 0 Å². The number of primary amides is 1. The molecule has 5 heteroatoms. The van der Waals surface area contributed by atoms with Crippen LogP contribution in [0.3, 0.4) is 0 Å². The van der Waals surface area contributed by atoms with E-state index in [1.54, 1.807) is 14.0 Å². The van der Waals surface area contributed by atoms with Crippen molar-refractivity contribution >= 4 is 11.6 Å². The van der Waals surface area contributed by atoms with E-state index in [0.29, 0.717) is 12.3 Å². The van der Waals surface area contributed by atoms with Crippen LogP contribution in [0.25, 0.3) is 0 Å². The molecule has 20 heavy (non-hydrogen) atoms. The predicted molar refractivity (Wildman–Crippen MR) is 77.8 cm³/mol. The molecule has 1 aromatic rings. The summed E-state index contributed by atoms with van der Waals surface area (Å²) in [5.74, 6) is 0.284. The Morgan fingerprint density at radius 1 is 1.55 bits per heavy atom. The minimum absolute atomic E-state index is 0.128. The highest BCUT2D eigenvalue weighted by atomic mass is 16.5. The zero-order valence-corrected chi connectivity index (χ0v) is 12.0. The summed E-state index contributed by atoms with van der Waals surface area (Å²) in [6.07, 6.45) is 1.12. The van der Waals surface area contributed by atoms with Gasteiger partial charge in [-0.05, 0) is 31.9 Å². The minimum Gasteiger partial charge on any atom is -0.496 e. The zero-order valence-electron chi connectivity index (χ0n) is 12.0. The van der Waals surface area contributed by atoms with Gasteiger partial charge in [0.1, 0.15) is 5.75 Å². The predicted octanol–water partition coefficient (Wildman–Crippen LogP) is 1.45. The molecule has 0 radical (unpaired) electrons. The zero-order chi connectivity index (χ0) is 14.7. The van der Waals surface area contributed by atoms with Gasteiger partial charge in [-0.1, -0.05) is 6.07 Å². The number of carbonyl (C=O) groups is 1. The quantitative estimate of drug-likeness (QED) is 0.874. The first kappa shape index (κ1) is 14.7. The highest BCUT2D eigenvalue weighted by Gasteiger charge is 2.27. The normalized spacial score (nSPS) is 20.6. The number of anilines is 1. The summed E-state index contributed by atoms with van der Waals surface area (Å²) >= 11 is 0. The van der Waals surface area contributed by atoms with Crippen molar-refractivity contribution in [1.82, 2.24) is 0 Å². The molecule has 0 saturated carbocycles. The third-order valence-corrected chi connectivity index (χ3v) is 3.85. The largest absolute Gasteiger partial charge is 0.496 e. The first-order valence-electron chi connectivity index (χ1n) is 6.93. The van der Waals surface area contributed by atoms with Crippen molar-refractivity contribution in [2.24, 2.45) is 11.7 Å². The molecule has 110 valence electrons. The Hall–Kier alpha value is -1.75. The number of carbonyl (C=O) groups excluding carboxylic acids is 1. The van der Waals surface area contributed by atoms with E-state index in [-0.39, 0.29) is 11.8 Å². The summed E-state index contributed by atoms with van der Waals surface area (Å²) in [6, 6.07) is 5.68. The summed E-state index contributed by atoms with van der Waals surface area (Å²) in [5, 5.41) is 10.0. The molecule has 2 unspecified atom stereocenters. The second-order valence-electron chi connectivity index (χ2n) is 5.26. The lowest BCUT2D eigenvalue weighted by molar-refractivity contribution is -0.122. The molecule has 1 aromatic carbocycles. The second-order valence-corrected chi connectivity index (χ2v) is 5.26. The van der Waals surface area contributed by atoms with Gasteiger partial charge >= 0.3 is 0 Å². The molecular weight excluding hydrogens is 256 g/mol. The van der Waals surface area contributed by atoms with E-state index in [1.807, 2.05) is 18.2 Å². The van der Waals surface area contributed by atoms with Crippen LogP contribution in [0, 0.1) is 5.92 Å². The maximum absolute atomic E-state index is 11.4. The van der Waals surface area contributed by atoms with Crippen molar-refractivity contribution < 1.29 is 14.6 Å². The third kappa shape index (κ3) is 2.88. The molecule has 2 rings (SSSR count). The van der Waals surface area contributed by atoms with Crippen LogP contribution in [0.4, 0.5) is 5.69 Å². The van der Waals surface area contributed by atoms with Crippen molar-refractivity contribution in [1.29, 1.82) is 0 Å². The van der Waals surface area contributed by atoms with Gasteiger partial charge in [-0.2, -0.15) is 0 Å². The maximum Gasteiger partial charge on any atom is 0.222 e. The number of hydrogen-bond donors (Lipinski definition) is 2. The third-order valence-electron chi connectivity index (χ3n) is 3.85. The Morgan fingerprint density at radius 2 is 2.30 bits per heavy atom. The highest BCUT2D eigenvalue weighted by molar-refractivity contribution is 5.78. The van der Waals surface area contributed by atoms with E-state index in [2.05, 4.69) is 4.90 Å². The highest BCUT2D eigenvalue weighted by Crippen LogP contribution is 2.36. The molecule has 1 aliphatic rings. The van der Waals surface area contributed by atoms with Gasteiger partial charge in [0.2, 0.25) is 5.91 Å². The molecule has 1 heterocycles. The van der Waals surface area contributed by atoms with E-state index in [0.717, 1.165) is 30.6 Å². The fourth-order valence-electron chi connectivity index (χ4n) is 2.83. The molecule has 3 N–H and O–H groups in total. The molecule has 1 fully saturated rings. The summed E-state index contributed by atoms with van der Waals surface area (Å²) in [5.41, 5.74) is 7.11. The molecule has 0 spiro atoms. The summed E-state index contributed by atoms with van der Waals surface area (Å²) < 4.78 is 5.33. The number of amides is 1. The number of piperidine rings is 1. The SMILES string of the molecule is COc1cccc(N2CCCC(C(N)=O)C2)c1C(C)O. The average Bonchev–Trinajstić information content (AvgIpc) is 2.46. The van der Waals surface area contributed by atoms with Gasteiger partial charge in [0.05, 0.1) is 19.1 Å². The monoisotopic (exact) mass is 278 g/mol. The van der Waals surface area contributed by atoms with E-state index in [4.69, 9.17) is 10.5 Å². The van der Waals surface area contributed by atoms with Crippen LogP contribution in [0.15, 0.2) is 18.2 Å². The molecule has 5 nitrogen and oxygen atoms in total. The molecule has 1 amide bonds. The fourth-order valence-corrected chi connectivity index (χ4v) is 2.83. The Labute approximate surface area is 119 Å². The molecule has 1 aliphatic heterocycles. The van der Waals surface area contributed by atoms with Gasteiger partial charge in [-0.15, -0.1) is 0 Å². The molecule has 0 aliphatic carbocycles. The lowest BCUT2D eigenvalue weighted by Gasteiger charge is -2.35. The topological polar surface area (TPSA) is 75.8 Å². The Kier molecular flexibility index (Phi) is 4.49. The van der Waals surface area contributed by atoms with Crippen LogP contribution in [0.1, 0.15) is 31.4 Å². The molecule has 0 bridgehead atoms. The first-order valence-corrected chi connectivity index (χ1v) is 6.93. The molecular formula is C15H22N2O3. The van der Waals surface area contributed by atoms with Gasteiger partial charge in [-0.25, -0.2) is 0 Å². The van der Waals surface area contributed by atoms with Crippen LogP contribution in [-0.2, 0) is 4.79 Å². The van der Waals surface area contributed by atoms with Gasteiger partial charge in [0.25, 0.3) is 0 Å². The average molecular weight is 278 g/mol. The van der Waals surface area contributed by atoms with Crippen molar-refractivity contribution in [2.75, 3.05) is 25.1 Å². The van der Waals surface area contributed by atoms with E-state index >= 15 is 0 Å². The van der Waals surface area contributed by atoms with Crippen LogP contribution >= 0.6 is 0 Å². The van der Waals surface area contributed by atoms with Gasteiger partial charge in [0.15, 0.2) is 0 Å².